The quantitative estimate of drug-likeness (QED) is 0.866. The van der Waals surface area contributed by atoms with Crippen molar-refractivity contribution in [3.8, 4) is 0 Å². The zero-order valence-corrected chi connectivity index (χ0v) is 12.3. The number of nitrogens with zero attached hydrogens (tertiary/aromatic N) is 1. The topological polar surface area (TPSA) is 41.6 Å². The molecule has 1 heterocycles. The number of hydrogen-bond acceptors (Lipinski definition) is 3. The summed E-state index contributed by atoms with van der Waals surface area (Å²) in [5, 5.41) is 2.71. The lowest BCUT2D eigenvalue weighted by Crippen LogP contribution is -2.41. The third-order valence-corrected chi connectivity index (χ3v) is 3.71. The zero-order valence-electron chi connectivity index (χ0n) is 11.5. The Kier molecular flexibility index (Phi) is 5.80. The van der Waals surface area contributed by atoms with E-state index in [9.17, 15) is 4.79 Å². The first-order chi connectivity index (χ1) is 9.75. The molecule has 108 valence electrons. The SMILES string of the molecule is O=C(NCC(=S)N1CCCCC1)OCc1ccccc1. The van der Waals surface area contributed by atoms with Crippen LogP contribution in [-0.2, 0) is 11.3 Å². The molecular weight excluding hydrogens is 272 g/mol. The van der Waals surface area contributed by atoms with Gasteiger partial charge in [-0.05, 0) is 24.8 Å². The van der Waals surface area contributed by atoms with Crippen molar-refractivity contribution >= 4 is 23.3 Å². The molecule has 0 bridgehead atoms. The van der Waals surface area contributed by atoms with Crippen molar-refractivity contribution in [1.82, 2.24) is 10.2 Å². The summed E-state index contributed by atoms with van der Waals surface area (Å²) in [6.07, 6.45) is 3.20. The van der Waals surface area contributed by atoms with Crippen molar-refractivity contribution in [3.05, 3.63) is 35.9 Å². The van der Waals surface area contributed by atoms with E-state index in [2.05, 4.69) is 10.2 Å². The van der Waals surface area contributed by atoms with Gasteiger partial charge in [0.15, 0.2) is 0 Å². The molecule has 0 aliphatic carbocycles. The van der Waals surface area contributed by atoms with E-state index in [1.54, 1.807) is 0 Å². The van der Waals surface area contributed by atoms with E-state index < -0.39 is 6.09 Å². The van der Waals surface area contributed by atoms with E-state index in [-0.39, 0.29) is 6.61 Å². The summed E-state index contributed by atoms with van der Waals surface area (Å²) in [4.78, 5) is 14.5. The maximum Gasteiger partial charge on any atom is 0.407 e. The molecule has 20 heavy (non-hydrogen) atoms. The number of carbonyl (C=O) groups is 1. The molecule has 1 fully saturated rings. The van der Waals surface area contributed by atoms with Gasteiger partial charge >= 0.3 is 6.09 Å². The molecule has 0 radical (unpaired) electrons. The van der Waals surface area contributed by atoms with E-state index in [1.165, 1.54) is 19.3 Å². The number of likely N-dealkylation sites (tertiary alicyclic amines) is 1. The Morgan fingerprint density at radius 1 is 1.20 bits per heavy atom. The minimum Gasteiger partial charge on any atom is -0.445 e. The fraction of sp³-hybridized carbons (Fsp3) is 0.467. The van der Waals surface area contributed by atoms with Crippen molar-refractivity contribution in [1.29, 1.82) is 0 Å². The van der Waals surface area contributed by atoms with Crippen LogP contribution in [0.1, 0.15) is 24.8 Å². The van der Waals surface area contributed by atoms with Crippen LogP contribution in [-0.4, -0.2) is 35.6 Å². The molecule has 5 heteroatoms. The normalized spacial score (nSPS) is 14.7. The van der Waals surface area contributed by atoms with E-state index >= 15 is 0 Å². The molecule has 1 aromatic rings. The van der Waals surface area contributed by atoms with Gasteiger partial charge in [-0.2, -0.15) is 0 Å². The number of amides is 1. The van der Waals surface area contributed by atoms with Gasteiger partial charge in [-0.3, -0.25) is 0 Å². The van der Waals surface area contributed by atoms with Gasteiger partial charge in [-0.25, -0.2) is 4.79 Å². The second kappa shape index (κ2) is 7.85. The lowest BCUT2D eigenvalue weighted by atomic mass is 10.1. The average molecular weight is 292 g/mol. The molecule has 1 aliphatic rings. The second-order valence-electron chi connectivity index (χ2n) is 4.86. The van der Waals surface area contributed by atoms with Crippen molar-refractivity contribution in [2.75, 3.05) is 19.6 Å². The molecule has 0 aromatic heterocycles. The van der Waals surface area contributed by atoms with Crippen LogP contribution in [0, 0.1) is 0 Å². The van der Waals surface area contributed by atoms with Gasteiger partial charge in [0.2, 0.25) is 0 Å². The highest BCUT2D eigenvalue weighted by Gasteiger charge is 2.14. The Morgan fingerprint density at radius 3 is 2.60 bits per heavy atom. The molecule has 4 nitrogen and oxygen atoms in total. The fourth-order valence-electron chi connectivity index (χ4n) is 2.18. The molecule has 0 spiro atoms. The van der Waals surface area contributed by atoms with Crippen LogP contribution in [0.5, 0.6) is 0 Å². The Hall–Kier alpha value is -1.62. The molecule has 1 aromatic carbocycles. The fourth-order valence-corrected chi connectivity index (χ4v) is 2.43. The van der Waals surface area contributed by atoms with Crippen molar-refractivity contribution in [2.24, 2.45) is 0 Å². The van der Waals surface area contributed by atoms with E-state index in [0.717, 1.165) is 23.6 Å². The van der Waals surface area contributed by atoms with Crippen LogP contribution in [0.3, 0.4) is 0 Å². The third-order valence-electron chi connectivity index (χ3n) is 3.31. The first-order valence-electron chi connectivity index (χ1n) is 6.98. The summed E-state index contributed by atoms with van der Waals surface area (Å²) in [5.41, 5.74) is 0.973. The van der Waals surface area contributed by atoms with Gasteiger partial charge in [0.1, 0.15) is 6.61 Å². The summed E-state index contributed by atoms with van der Waals surface area (Å²) in [6.45, 7) is 2.66. The van der Waals surface area contributed by atoms with Gasteiger partial charge in [-0.1, -0.05) is 42.5 Å². The summed E-state index contributed by atoms with van der Waals surface area (Å²) < 4.78 is 5.14. The number of rotatable bonds is 4. The Bertz CT molecular complexity index is 444. The predicted octanol–water partition coefficient (Wildman–Crippen LogP) is 2.73. The summed E-state index contributed by atoms with van der Waals surface area (Å²) in [6, 6.07) is 9.61. The van der Waals surface area contributed by atoms with Crippen LogP contribution in [0.4, 0.5) is 4.79 Å². The zero-order chi connectivity index (χ0) is 14.2. The first kappa shape index (κ1) is 14.8. The highest BCUT2D eigenvalue weighted by molar-refractivity contribution is 7.80. The van der Waals surface area contributed by atoms with Crippen LogP contribution < -0.4 is 5.32 Å². The van der Waals surface area contributed by atoms with E-state index in [1.807, 2.05) is 30.3 Å². The van der Waals surface area contributed by atoms with Crippen LogP contribution in [0.25, 0.3) is 0 Å². The highest BCUT2D eigenvalue weighted by Crippen LogP contribution is 2.09. The number of alkyl carbamates (subject to hydrolysis) is 1. The van der Waals surface area contributed by atoms with Gasteiger partial charge in [0.25, 0.3) is 0 Å². The Morgan fingerprint density at radius 2 is 1.90 bits per heavy atom. The molecule has 0 unspecified atom stereocenters. The summed E-state index contributed by atoms with van der Waals surface area (Å²) >= 11 is 5.33. The Balaban J connectivity index is 1.65. The van der Waals surface area contributed by atoms with Gasteiger partial charge < -0.3 is 15.0 Å². The standard InChI is InChI=1S/C15H20N2O2S/c18-15(19-12-13-7-3-1-4-8-13)16-11-14(20)17-9-5-2-6-10-17/h1,3-4,7-8H,2,5-6,9-12H2,(H,16,18). The molecule has 1 aliphatic heterocycles. The molecule has 0 saturated carbocycles. The summed E-state index contributed by atoms with van der Waals surface area (Å²) in [7, 11) is 0. The smallest absolute Gasteiger partial charge is 0.407 e. The van der Waals surface area contributed by atoms with Crippen molar-refractivity contribution in [3.63, 3.8) is 0 Å². The van der Waals surface area contributed by atoms with Gasteiger partial charge in [0, 0.05) is 13.1 Å². The minimum absolute atomic E-state index is 0.281. The van der Waals surface area contributed by atoms with Gasteiger partial charge in [-0.15, -0.1) is 0 Å². The molecule has 2 rings (SSSR count). The lowest BCUT2D eigenvalue weighted by molar-refractivity contribution is 0.141. The van der Waals surface area contributed by atoms with Crippen LogP contribution >= 0.6 is 12.2 Å². The van der Waals surface area contributed by atoms with Gasteiger partial charge in [0.05, 0.1) is 11.5 Å². The first-order valence-corrected chi connectivity index (χ1v) is 7.39. The largest absolute Gasteiger partial charge is 0.445 e. The molecular formula is C15H20N2O2S. The number of benzene rings is 1. The van der Waals surface area contributed by atoms with Crippen LogP contribution in [0.15, 0.2) is 30.3 Å². The molecule has 1 N–H and O–H groups in total. The van der Waals surface area contributed by atoms with Crippen molar-refractivity contribution < 1.29 is 9.53 Å². The number of carbonyl (C=O) groups excluding carboxylic acids is 1. The lowest BCUT2D eigenvalue weighted by Gasteiger charge is -2.29. The van der Waals surface area contributed by atoms with E-state index in [0.29, 0.717) is 6.54 Å². The number of hydrogen-bond donors (Lipinski definition) is 1. The summed E-state index contributed by atoms with van der Waals surface area (Å²) in [5.74, 6) is 0. The maximum absolute atomic E-state index is 11.6. The Labute approximate surface area is 125 Å². The maximum atomic E-state index is 11.6. The number of nitrogens with one attached hydrogen (secondary N) is 1. The van der Waals surface area contributed by atoms with E-state index in [4.69, 9.17) is 17.0 Å². The number of ether oxygens (including phenoxy) is 1. The molecule has 1 amide bonds. The molecule has 1 saturated heterocycles. The monoisotopic (exact) mass is 292 g/mol. The van der Waals surface area contributed by atoms with Crippen molar-refractivity contribution in [2.45, 2.75) is 25.9 Å². The number of thiocarbonyl (C=S) groups is 1. The predicted molar refractivity (Wildman–Crippen MR) is 82.7 cm³/mol. The molecule has 0 atom stereocenters. The minimum atomic E-state index is -0.423. The number of piperidine rings is 1. The highest BCUT2D eigenvalue weighted by atomic mass is 32.1. The second-order valence-corrected chi connectivity index (χ2v) is 5.33. The average Bonchev–Trinajstić information content (AvgIpc) is 2.52. The van der Waals surface area contributed by atoms with Crippen LogP contribution in [0.2, 0.25) is 0 Å². The third kappa shape index (κ3) is 4.81.